The summed E-state index contributed by atoms with van der Waals surface area (Å²) >= 11 is 17.1. The Morgan fingerprint density at radius 3 is 2.29 bits per heavy atom. The van der Waals surface area contributed by atoms with Crippen LogP contribution in [0.4, 0.5) is 0 Å². The Balaban J connectivity index is 1.37. The summed E-state index contributed by atoms with van der Waals surface area (Å²) < 4.78 is 16.8. The highest BCUT2D eigenvalue weighted by Gasteiger charge is 2.39. The average molecular weight is 634 g/mol. The van der Waals surface area contributed by atoms with E-state index in [1.807, 2.05) is 72.8 Å². The number of carbonyl (C=O) groups is 1. The van der Waals surface area contributed by atoms with Crippen LogP contribution in [0.3, 0.4) is 0 Å². The minimum atomic E-state index is -2.02. The Morgan fingerprint density at radius 1 is 0.952 bits per heavy atom. The highest BCUT2D eigenvalue weighted by atomic mass is 35.6. The number of rotatable bonds is 8. The fourth-order valence-corrected chi connectivity index (χ4v) is 5.62. The third-order valence-electron chi connectivity index (χ3n) is 7.87. The molecule has 4 atom stereocenters. The number of halogens is 3. The average Bonchev–Trinajstić information content (AvgIpc) is 3.01. The van der Waals surface area contributed by atoms with Crippen LogP contribution in [0.1, 0.15) is 41.6 Å². The number of hydrogen-bond acceptors (Lipinski definition) is 6. The van der Waals surface area contributed by atoms with Gasteiger partial charge in [-0.2, -0.15) is 0 Å². The van der Waals surface area contributed by atoms with Gasteiger partial charge in [0.1, 0.15) is 0 Å². The molecule has 0 spiro atoms. The highest BCUT2D eigenvalue weighted by molar-refractivity contribution is 6.76. The van der Waals surface area contributed by atoms with Crippen molar-refractivity contribution in [2.24, 2.45) is 5.92 Å². The maximum atomic E-state index is 12.1. The fraction of sp³-hybridized carbons (Fsp3) is 0.406. The molecule has 42 heavy (non-hydrogen) atoms. The van der Waals surface area contributed by atoms with Crippen molar-refractivity contribution in [3.8, 4) is 11.1 Å². The lowest BCUT2D eigenvalue weighted by Crippen LogP contribution is -2.47. The van der Waals surface area contributed by atoms with Crippen molar-refractivity contribution < 1.29 is 24.1 Å². The van der Waals surface area contributed by atoms with Gasteiger partial charge in [0.25, 0.3) is 9.70 Å². The zero-order valence-electron chi connectivity index (χ0n) is 23.3. The highest BCUT2D eigenvalue weighted by Crippen LogP contribution is 2.42. The molecular weight excluding hydrogens is 599 g/mol. The van der Waals surface area contributed by atoms with Gasteiger partial charge >= 0.3 is 0 Å². The minimum Gasteiger partial charge on any atom is -0.392 e. The van der Waals surface area contributed by atoms with Gasteiger partial charge in [0.05, 0.1) is 32.0 Å². The van der Waals surface area contributed by atoms with Gasteiger partial charge in [0.2, 0.25) is 0 Å². The molecule has 224 valence electrons. The maximum Gasteiger partial charge on any atom is 0.272 e. The van der Waals surface area contributed by atoms with E-state index in [2.05, 4.69) is 17.1 Å². The molecule has 0 aliphatic carbocycles. The second-order valence-corrected chi connectivity index (χ2v) is 13.0. The molecule has 0 bridgehead atoms. The first-order chi connectivity index (χ1) is 20.2. The van der Waals surface area contributed by atoms with Gasteiger partial charge < -0.3 is 24.6 Å². The van der Waals surface area contributed by atoms with Gasteiger partial charge in [0.15, 0.2) is 6.29 Å². The van der Waals surface area contributed by atoms with E-state index in [-0.39, 0.29) is 31.3 Å². The molecular formula is C32H35Cl3N2O5. The van der Waals surface area contributed by atoms with Crippen LogP contribution in [0, 0.1) is 5.92 Å². The van der Waals surface area contributed by atoms with Crippen LogP contribution in [-0.2, 0) is 32.2 Å². The van der Waals surface area contributed by atoms with Crippen LogP contribution in [0.15, 0.2) is 72.8 Å². The molecule has 2 saturated heterocycles. The van der Waals surface area contributed by atoms with Crippen molar-refractivity contribution in [2.45, 2.75) is 42.4 Å². The zero-order chi connectivity index (χ0) is 29.7. The summed E-state index contributed by atoms with van der Waals surface area (Å²) in [6.45, 7) is 6.40. The monoisotopic (exact) mass is 632 g/mol. The van der Waals surface area contributed by atoms with E-state index in [1.54, 1.807) is 0 Å². The van der Waals surface area contributed by atoms with E-state index in [0.29, 0.717) is 0 Å². The Kier molecular flexibility index (Phi) is 10.5. The van der Waals surface area contributed by atoms with Crippen molar-refractivity contribution in [3.63, 3.8) is 0 Å². The summed E-state index contributed by atoms with van der Waals surface area (Å²) in [5.74, 6) is -0.566. The maximum absolute atomic E-state index is 12.1. The lowest BCUT2D eigenvalue weighted by atomic mass is 9.90. The summed E-state index contributed by atoms with van der Waals surface area (Å²) in [7, 11) is 0. The smallest absolute Gasteiger partial charge is 0.272 e. The molecule has 3 aromatic rings. The van der Waals surface area contributed by atoms with E-state index in [4.69, 9.17) is 49.0 Å². The summed E-state index contributed by atoms with van der Waals surface area (Å²) in [5.41, 5.74) is 5.66. The molecule has 2 aliphatic heterocycles. The number of hydrogen-bond donors (Lipinski definition) is 2. The van der Waals surface area contributed by atoms with Crippen molar-refractivity contribution >= 4 is 40.7 Å². The first-order valence-corrected chi connectivity index (χ1v) is 15.2. The van der Waals surface area contributed by atoms with Crippen molar-refractivity contribution in [3.05, 3.63) is 95.1 Å². The summed E-state index contributed by atoms with van der Waals surface area (Å²) in [4.78, 5) is 14.5. The standard InChI is InChI=1S/C32H35Cl3N2O5/c1-21-28(19-37-14-16-40-17-15-37)41-30(42-29(21)24-8-6-22(20-38)7-9-24)25-12-10-23(11-13-25)27-5-3-2-4-26(27)18-36-31(39)32(33,34)35/h2-13,21,28-30,38H,14-20H2,1H3,(H,36,39)/t21-,28+,29+,30+/m0/s1. The molecule has 2 heterocycles. The molecule has 10 heteroatoms. The lowest BCUT2D eigenvalue weighted by molar-refractivity contribution is -0.277. The van der Waals surface area contributed by atoms with E-state index in [1.165, 1.54) is 0 Å². The summed E-state index contributed by atoms with van der Waals surface area (Å²) in [6.07, 6.45) is -0.779. The molecule has 0 radical (unpaired) electrons. The molecule has 2 N–H and O–H groups in total. The molecule has 0 saturated carbocycles. The molecule has 0 aromatic heterocycles. The number of benzene rings is 3. The van der Waals surface area contributed by atoms with Crippen LogP contribution >= 0.6 is 34.8 Å². The van der Waals surface area contributed by atoms with Crippen molar-refractivity contribution in [2.75, 3.05) is 32.8 Å². The van der Waals surface area contributed by atoms with Gasteiger partial charge in [-0.1, -0.05) is 115 Å². The lowest BCUT2D eigenvalue weighted by Gasteiger charge is -2.43. The largest absolute Gasteiger partial charge is 0.392 e. The van der Waals surface area contributed by atoms with Crippen LogP contribution in [-0.4, -0.2) is 58.7 Å². The van der Waals surface area contributed by atoms with Crippen LogP contribution < -0.4 is 5.32 Å². The van der Waals surface area contributed by atoms with Crippen LogP contribution in [0.2, 0.25) is 0 Å². The third-order valence-corrected chi connectivity index (χ3v) is 8.39. The molecule has 2 aliphatic rings. The predicted molar refractivity (Wildman–Crippen MR) is 164 cm³/mol. The predicted octanol–water partition coefficient (Wildman–Crippen LogP) is 5.96. The van der Waals surface area contributed by atoms with E-state index < -0.39 is 16.0 Å². The first-order valence-electron chi connectivity index (χ1n) is 14.1. The molecule has 5 rings (SSSR count). The minimum absolute atomic E-state index is 0.00149. The van der Waals surface area contributed by atoms with E-state index in [9.17, 15) is 9.90 Å². The van der Waals surface area contributed by atoms with Gasteiger partial charge in [-0.05, 0) is 27.8 Å². The quantitative estimate of drug-likeness (QED) is 0.298. The van der Waals surface area contributed by atoms with E-state index in [0.717, 1.165) is 66.2 Å². The first kappa shape index (κ1) is 31.2. The number of ether oxygens (including phenoxy) is 3. The molecule has 0 unspecified atom stereocenters. The van der Waals surface area contributed by atoms with Crippen LogP contribution in [0.25, 0.3) is 11.1 Å². The SMILES string of the molecule is C[C@H]1[C@@H](CN2CCOCC2)O[C@@H](c2ccc(-c3ccccc3CNC(=O)C(Cl)(Cl)Cl)cc2)O[C@H]1c1ccc(CO)cc1. The number of amides is 1. The van der Waals surface area contributed by atoms with Crippen molar-refractivity contribution in [1.82, 2.24) is 10.2 Å². The molecule has 3 aromatic carbocycles. The number of nitrogens with one attached hydrogen (secondary N) is 1. The van der Waals surface area contributed by atoms with Crippen molar-refractivity contribution in [1.29, 1.82) is 0 Å². The number of morpholine rings is 1. The second-order valence-electron chi connectivity index (χ2n) is 10.7. The van der Waals surface area contributed by atoms with E-state index >= 15 is 0 Å². The molecule has 2 fully saturated rings. The zero-order valence-corrected chi connectivity index (χ0v) is 25.6. The molecule has 7 nitrogen and oxygen atoms in total. The Bertz CT molecular complexity index is 1330. The Hall–Kier alpha value is -2.20. The third kappa shape index (κ3) is 7.65. The number of carbonyl (C=O) groups excluding carboxylic acids is 1. The van der Waals surface area contributed by atoms with Gasteiger partial charge in [0, 0.05) is 37.7 Å². The van der Waals surface area contributed by atoms with Gasteiger partial charge in [-0.15, -0.1) is 0 Å². The summed E-state index contributed by atoms with van der Waals surface area (Å²) in [6, 6.07) is 23.8. The molecule has 1 amide bonds. The number of nitrogens with zero attached hydrogens (tertiary/aromatic N) is 1. The Morgan fingerprint density at radius 2 is 1.62 bits per heavy atom. The number of alkyl halides is 3. The Labute approximate surface area is 261 Å². The summed E-state index contributed by atoms with van der Waals surface area (Å²) in [5, 5.41) is 12.2. The second kappa shape index (κ2) is 14.1. The fourth-order valence-electron chi connectivity index (χ4n) is 5.42. The topological polar surface area (TPSA) is 80.3 Å². The van der Waals surface area contributed by atoms with Gasteiger partial charge in [-0.25, -0.2) is 0 Å². The number of aliphatic hydroxyl groups excluding tert-OH is 1. The van der Waals surface area contributed by atoms with Crippen LogP contribution in [0.5, 0.6) is 0 Å². The number of aliphatic hydroxyl groups is 1. The normalized spacial score (nSPS) is 23.5. The van der Waals surface area contributed by atoms with Gasteiger partial charge in [-0.3, -0.25) is 9.69 Å².